The van der Waals surface area contributed by atoms with Crippen molar-refractivity contribution in [2.45, 2.75) is 20.3 Å². The summed E-state index contributed by atoms with van der Waals surface area (Å²) in [6.45, 7) is 5.23. The van der Waals surface area contributed by atoms with Gasteiger partial charge in [-0.05, 0) is 61.4 Å². The SMILES string of the molecule is Cc1ccc(OCCCOc2cccc(/C=N/NC(=O)c3cccc(Cl)c3)c2)c(C)c1. The van der Waals surface area contributed by atoms with Crippen molar-refractivity contribution < 1.29 is 14.3 Å². The van der Waals surface area contributed by atoms with Crippen LogP contribution < -0.4 is 14.9 Å². The summed E-state index contributed by atoms with van der Waals surface area (Å²) in [6.07, 6.45) is 2.33. The third kappa shape index (κ3) is 7.15. The molecule has 0 saturated carbocycles. The number of nitrogens with one attached hydrogen (secondary N) is 1. The number of hydrogen-bond acceptors (Lipinski definition) is 4. The van der Waals surface area contributed by atoms with Gasteiger partial charge in [-0.3, -0.25) is 4.79 Å². The molecule has 0 saturated heterocycles. The maximum Gasteiger partial charge on any atom is 0.271 e. The van der Waals surface area contributed by atoms with Gasteiger partial charge in [0.05, 0.1) is 19.4 Å². The predicted molar refractivity (Wildman–Crippen MR) is 124 cm³/mol. The van der Waals surface area contributed by atoms with E-state index in [0.717, 1.165) is 29.0 Å². The van der Waals surface area contributed by atoms with Crippen molar-refractivity contribution in [2.75, 3.05) is 13.2 Å². The smallest absolute Gasteiger partial charge is 0.271 e. The summed E-state index contributed by atoms with van der Waals surface area (Å²) in [5, 5.41) is 4.50. The number of rotatable bonds is 9. The second-order valence-electron chi connectivity index (χ2n) is 7.10. The van der Waals surface area contributed by atoms with E-state index in [2.05, 4.69) is 23.5 Å². The molecule has 0 aliphatic carbocycles. The monoisotopic (exact) mass is 436 g/mol. The number of aryl methyl sites for hydroxylation is 2. The lowest BCUT2D eigenvalue weighted by molar-refractivity contribution is 0.0955. The summed E-state index contributed by atoms with van der Waals surface area (Å²) >= 11 is 5.90. The molecule has 0 aliphatic heterocycles. The van der Waals surface area contributed by atoms with Gasteiger partial charge in [-0.1, -0.05) is 47.5 Å². The molecule has 0 bridgehead atoms. The highest BCUT2D eigenvalue weighted by atomic mass is 35.5. The van der Waals surface area contributed by atoms with E-state index in [4.69, 9.17) is 21.1 Å². The number of nitrogens with zero attached hydrogens (tertiary/aromatic N) is 1. The molecule has 5 nitrogen and oxygen atoms in total. The maximum atomic E-state index is 12.1. The van der Waals surface area contributed by atoms with Crippen LogP contribution in [0.15, 0.2) is 71.8 Å². The van der Waals surface area contributed by atoms with E-state index in [9.17, 15) is 4.79 Å². The number of carbonyl (C=O) groups excluding carboxylic acids is 1. The summed E-state index contributed by atoms with van der Waals surface area (Å²) in [6, 6.07) is 20.3. The molecular formula is C25H25ClN2O3. The molecule has 0 heterocycles. The van der Waals surface area contributed by atoms with Crippen LogP contribution in [0.3, 0.4) is 0 Å². The van der Waals surface area contributed by atoms with Gasteiger partial charge in [0.2, 0.25) is 0 Å². The first-order valence-corrected chi connectivity index (χ1v) is 10.4. The van der Waals surface area contributed by atoms with Crippen LogP contribution in [0.4, 0.5) is 0 Å². The average Bonchev–Trinajstić information content (AvgIpc) is 2.75. The van der Waals surface area contributed by atoms with Crippen molar-refractivity contribution in [1.29, 1.82) is 0 Å². The molecule has 3 aromatic rings. The zero-order valence-electron chi connectivity index (χ0n) is 17.6. The number of benzene rings is 3. The molecule has 3 rings (SSSR count). The van der Waals surface area contributed by atoms with Crippen molar-refractivity contribution >= 4 is 23.7 Å². The fourth-order valence-corrected chi connectivity index (χ4v) is 3.13. The molecule has 31 heavy (non-hydrogen) atoms. The lowest BCUT2D eigenvalue weighted by Crippen LogP contribution is -2.17. The summed E-state index contributed by atoms with van der Waals surface area (Å²) < 4.78 is 11.6. The number of hydrogen-bond donors (Lipinski definition) is 1. The minimum atomic E-state index is -0.324. The predicted octanol–water partition coefficient (Wildman–Crippen LogP) is 5.57. The Morgan fingerprint density at radius 2 is 1.81 bits per heavy atom. The fourth-order valence-electron chi connectivity index (χ4n) is 2.94. The maximum absolute atomic E-state index is 12.1. The standard InChI is InChI=1S/C25H25ClN2O3/c1-18-10-11-24(19(2)14-18)31-13-5-12-30-23-9-3-6-20(15-23)17-27-28-25(29)21-7-4-8-22(26)16-21/h3-4,6-11,14-17H,5,12-13H2,1-2H3,(H,28,29)/b27-17+. The van der Waals surface area contributed by atoms with Gasteiger partial charge in [-0.25, -0.2) is 5.43 Å². The summed E-state index contributed by atoms with van der Waals surface area (Å²) in [5.41, 5.74) is 6.11. The van der Waals surface area contributed by atoms with Crippen LogP contribution in [-0.4, -0.2) is 25.3 Å². The van der Waals surface area contributed by atoms with E-state index in [1.54, 1.807) is 30.5 Å². The molecule has 1 N–H and O–H groups in total. The molecule has 6 heteroatoms. The molecular weight excluding hydrogens is 412 g/mol. The van der Waals surface area contributed by atoms with Gasteiger partial charge in [0.25, 0.3) is 5.91 Å². The zero-order valence-corrected chi connectivity index (χ0v) is 18.4. The lowest BCUT2D eigenvalue weighted by atomic mass is 10.1. The second kappa shape index (κ2) is 11.2. The van der Waals surface area contributed by atoms with Crippen molar-refractivity contribution in [3.63, 3.8) is 0 Å². The van der Waals surface area contributed by atoms with Crippen molar-refractivity contribution in [2.24, 2.45) is 5.10 Å². The van der Waals surface area contributed by atoms with Crippen LogP contribution in [-0.2, 0) is 0 Å². The van der Waals surface area contributed by atoms with E-state index in [-0.39, 0.29) is 5.91 Å². The van der Waals surface area contributed by atoms with E-state index in [1.165, 1.54) is 5.56 Å². The van der Waals surface area contributed by atoms with Crippen LogP contribution in [0, 0.1) is 13.8 Å². The lowest BCUT2D eigenvalue weighted by Gasteiger charge is -2.10. The highest BCUT2D eigenvalue weighted by molar-refractivity contribution is 6.30. The number of hydrazone groups is 1. The molecule has 160 valence electrons. The van der Waals surface area contributed by atoms with Crippen LogP contribution in [0.5, 0.6) is 11.5 Å². The summed E-state index contributed by atoms with van der Waals surface area (Å²) in [7, 11) is 0. The van der Waals surface area contributed by atoms with E-state index >= 15 is 0 Å². The number of amides is 1. The quantitative estimate of drug-likeness (QED) is 0.271. The molecule has 0 atom stereocenters. The third-order valence-corrected chi connectivity index (χ3v) is 4.71. The van der Waals surface area contributed by atoms with E-state index in [0.29, 0.717) is 23.8 Å². The Balaban J connectivity index is 1.43. The number of carbonyl (C=O) groups is 1. The molecule has 0 spiro atoms. The van der Waals surface area contributed by atoms with Crippen molar-refractivity contribution in [1.82, 2.24) is 5.43 Å². The molecule has 0 aromatic heterocycles. The van der Waals surface area contributed by atoms with Crippen LogP contribution in [0.25, 0.3) is 0 Å². The molecule has 0 fully saturated rings. The van der Waals surface area contributed by atoms with Gasteiger partial charge < -0.3 is 9.47 Å². The van der Waals surface area contributed by atoms with Gasteiger partial charge in [0, 0.05) is 17.0 Å². The Morgan fingerprint density at radius 3 is 2.61 bits per heavy atom. The minimum absolute atomic E-state index is 0.324. The molecule has 1 amide bonds. The highest BCUT2D eigenvalue weighted by Gasteiger charge is 2.04. The van der Waals surface area contributed by atoms with Gasteiger partial charge in [0.15, 0.2) is 0 Å². The summed E-state index contributed by atoms with van der Waals surface area (Å²) in [4.78, 5) is 12.1. The molecule has 0 aliphatic rings. The molecule has 0 radical (unpaired) electrons. The third-order valence-electron chi connectivity index (χ3n) is 4.47. The Hall–Kier alpha value is -3.31. The van der Waals surface area contributed by atoms with Gasteiger partial charge >= 0.3 is 0 Å². The zero-order chi connectivity index (χ0) is 22.1. The Bertz CT molecular complexity index is 1070. The van der Waals surface area contributed by atoms with E-state index in [1.807, 2.05) is 43.3 Å². The van der Waals surface area contributed by atoms with E-state index < -0.39 is 0 Å². The van der Waals surface area contributed by atoms with Gasteiger partial charge in [-0.15, -0.1) is 0 Å². The number of ether oxygens (including phenoxy) is 2. The number of halogens is 1. The largest absolute Gasteiger partial charge is 0.493 e. The Kier molecular flexibility index (Phi) is 8.07. The topological polar surface area (TPSA) is 59.9 Å². The van der Waals surface area contributed by atoms with Crippen LogP contribution in [0.1, 0.15) is 33.5 Å². The Labute approximate surface area is 187 Å². The van der Waals surface area contributed by atoms with Gasteiger partial charge in [-0.2, -0.15) is 5.10 Å². The van der Waals surface area contributed by atoms with Crippen LogP contribution in [0.2, 0.25) is 5.02 Å². The second-order valence-corrected chi connectivity index (χ2v) is 7.54. The fraction of sp³-hybridized carbons (Fsp3) is 0.200. The molecule has 0 unspecified atom stereocenters. The normalized spacial score (nSPS) is 10.8. The van der Waals surface area contributed by atoms with Gasteiger partial charge in [0.1, 0.15) is 11.5 Å². The first kappa shape index (κ1) is 22.4. The highest BCUT2D eigenvalue weighted by Crippen LogP contribution is 2.19. The minimum Gasteiger partial charge on any atom is -0.493 e. The first-order chi connectivity index (χ1) is 15.0. The molecule has 3 aromatic carbocycles. The summed E-state index contributed by atoms with van der Waals surface area (Å²) in [5.74, 6) is 1.32. The van der Waals surface area contributed by atoms with Crippen molar-refractivity contribution in [3.05, 3.63) is 94.0 Å². The first-order valence-electron chi connectivity index (χ1n) is 10.0. The average molecular weight is 437 g/mol. The van der Waals surface area contributed by atoms with Crippen molar-refractivity contribution in [3.8, 4) is 11.5 Å². The Morgan fingerprint density at radius 1 is 1.00 bits per heavy atom. The van der Waals surface area contributed by atoms with Crippen LogP contribution >= 0.6 is 11.6 Å².